The van der Waals surface area contributed by atoms with Gasteiger partial charge in [0.05, 0.1) is 23.6 Å². The lowest BCUT2D eigenvalue weighted by Gasteiger charge is -2.24. The summed E-state index contributed by atoms with van der Waals surface area (Å²) in [5, 5.41) is 13.6. The number of halogens is 1. The van der Waals surface area contributed by atoms with Crippen molar-refractivity contribution in [3.8, 4) is 5.75 Å². The molecule has 21 heavy (non-hydrogen) atoms. The lowest BCUT2D eigenvalue weighted by Crippen LogP contribution is -2.15. The number of nitrogens with zero attached hydrogens (tertiary/aromatic N) is 2. The van der Waals surface area contributed by atoms with E-state index < -0.39 is 0 Å². The zero-order chi connectivity index (χ0) is 15.4. The Kier molecular flexibility index (Phi) is 5.07. The van der Waals surface area contributed by atoms with Crippen LogP contribution in [0.15, 0.2) is 41.1 Å². The van der Waals surface area contributed by atoms with Crippen molar-refractivity contribution >= 4 is 27.3 Å². The predicted octanol–water partition coefficient (Wildman–Crippen LogP) is 4.18. The third-order valence-corrected chi connectivity index (χ3v) is 3.88. The van der Waals surface area contributed by atoms with E-state index >= 15 is 0 Å². The number of benzene rings is 1. The zero-order valence-corrected chi connectivity index (χ0v) is 14.1. The van der Waals surface area contributed by atoms with E-state index in [1.165, 1.54) is 0 Å². The van der Waals surface area contributed by atoms with Crippen LogP contribution in [0.4, 0.5) is 11.4 Å². The summed E-state index contributed by atoms with van der Waals surface area (Å²) in [5.41, 5.74) is 2.90. The van der Waals surface area contributed by atoms with Crippen LogP contribution >= 0.6 is 15.9 Å². The van der Waals surface area contributed by atoms with E-state index in [0.717, 1.165) is 27.8 Å². The summed E-state index contributed by atoms with van der Waals surface area (Å²) >= 11 is 3.46. The van der Waals surface area contributed by atoms with Gasteiger partial charge in [0.15, 0.2) is 0 Å². The maximum Gasteiger partial charge on any atom is 0.120 e. The number of phenols is 1. The van der Waals surface area contributed by atoms with Crippen LogP contribution in [0.25, 0.3) is 0 Å². The number of rotatable bonds is 5. The third kappa shape index (κ3) is 3.67. The molecule has 0 aliphatic carbocycles. The lowest BCUT2D eigenvalue weighted by atomic mass is 10.0. The van der Waals surface area contributed by atoms with Crippen molar-refractivity contribution < 1.29 is 5.11 Å². The van der Waals surface area contributed by atoms with E-state index in [2.05, 4.69) is 33.2 Å². The molecule has 2 aromatic rings. The van der Waals surface area contributed by atoms with Gasteiger partial charge in [0.1, 0.15) is 5.75 Å². The van der Waals surface area contributed by atoms with Crippen molar-refractivity contribution in [2.24, 2.45) is 0 Å². The molecule has 2 rings (SSSR count). The summed E-state index contributed by atoms with van der Waals surface area (Å²) in [6, 6.07) is 7.48. The Morgan fingerprint density at radius 3 is 2.76 bits per heavy atom. The minimum Gasteiger partial charge on any atom is -0.508 e. The van der Waals surface area contributed by atoms with Gasteiger partial charge in [-0.2, -0.15) is 0 Å². The number of nitrogens with one attached hydrogen (secondary N) is 1. The smallest absolute Gasteiger partial charge is 0.120 e. The van der Waals surface area contributed by atoms with E-state index in [1.807, 2.05) is 43.4 Å². The van der Waals surface area contributed by atoms with E-state index in [0.29, 0.717) is 5.75 Å². The molecule has 0 radical (unpaired) electrons. The van der Waals surface area contributed by atoms with Gasteiger partial charge in [-0.25, -0.2) is 0 Å². The predicted molar refractivity (Wildman–Crippen MR) is 91.0 cm³/mol. The van der Waals surface area contributed by atoms with Crippen LogP contribution in [-0.4, -0.2) is 24.2 Å². The largest absolute Gasteiger partial charge is 0.508 e. The van der Waals surface area contributed by atoms with E-state index in [4.69, 9.17) is 0 Å². The zero-order valence-electron chi connectivity index (χ0n) is 12.5. The molecule has 0 aliphatic rings. The molecule has 0 saturated heterocycles. The molecule has 0 aliphatic heterocycles. The first-order chi connectivity index (χ1) is 10.0. The first kappa shape index (κ1) is 15.6. The van der Waals surface area contributed by atoms with Crippen LogP contribution in [0, 0.1) is 0 Å². The average Bonchev–Trinajstić information content (AvgIpc) is 2.47. The molecule has 1 atom stereocenters. The average molecular weight is 350 g/mol. The molecule has 1 aromatic carbocycles. The Balaban J connectivity index is 2.34. The van der Waals surface area contributed by atoms with Gasteiger partial charge in [0.25, 0.3) is 0 Å². The van der Waals surface area contributed by atoms with Crippen LogP contribution in [0.3, 0.4) is 0 Å². The normalized spacial score (nSPS) is 12.0. The van der Waals surface area contributed by atoms with Crippen molar-refractivity contribution in [1.29, 1.82) is 0 Å². The molecule has 0 bridgehead atoms. The van der Waals surface area contributed by atoms with Crippen molar-refractivity contribution in [2.75, 3.05) is 24.3 Å². The summed E-state index contributed by atoms with van der Waals surface area (Å²) in [6.45, 7) is 2.09. The molecule has 1 aromatic heterocycles. The molecule has 0 spiro atoms. The summed E-state index contributed by atoms with van der Waals surface area (Å²) < 4.78 is 0.953. The van der Waals surface area contributed by atoms with Crippen molar-refractivity contribution in [2.45, 2.75) is 19.4 Å². The van der Waals surface area contributed by atoms with Crippen LogP contribution in [0.5, 0.6) is 5.75 Å². The number of hydrogen-bond acceptors (Lipinski definition) is 4. The number of hydrogen-bond donors (Lipinski definition) is 2. The molecule has 0 amide bonds. The molecule has 4 nitrogen and oxygen atoms in total. The standard InChI is InChI=1S/C16H20BrN3O/c1-4-13(12-9-11(17)5-6-16(12)21)19-14-10-18-8-7-15(14)20(2)3/h5-10,13,19,21H,4H2,1-3H3. The third-order valence-electron chi connectivity index (χ3n) is 3.38. The highest BCUT2D eigenvalue weighted by Crippen LogP contribution is 2.34. The van der Waals surface area contributed by atoms with Gasteiger partial charge >= 0.3 is 0 Å². The second kappa shape index (κ2) is 6.80. The first-order valence-electron chi connectivity index (χ1n) is 6.89. The van der Waals surface area contributed by atoms with Gasteiger partial charge in [-0.3, -0.25) is 4.98 Å². The fraction of sp³-hybridized carbons (Fsp3) is 0.312. The molecular formula is C16H20BrN3O. The molecule has 0 fully saturated rings. The second-order valence-electron chi connectivity index (χ2n) is 5.10. The maximum absolute atomic E-state index is 10.1. The summed E-state index contributed by atoms with van der Waals surface area (Å²) in [5.74, 6) is 0.299. The fourth-order valence-electron chi connectivity index (χ4n) is 2.28. The van der Waals surface area contributed by atoms with Crippen molar-refractivity contribution in [3.63, 3.8) is 0 Å². The minimum atomic E-state index is 0.0189. The van der Waals surface area contributed by atoms with Crippen molar-refractivity contribution in [3.05, 3.63) is 46.7 Å². The van der Waals surface area contributed by atoms with Gasteiger partial charge in [-0.1, -0.05) is 22.9 Å². The second-order valence-corrected chi connectivity index (χ2v) is 6.01. The number of phenolic OH excluding ortho intramolecular Hbond substituents is 1. The molecule has 5 heteroatoms. The lowest BCUT2D eigenvalue weighted by molar-refractivity contribution is 0.462. The Bertz CT molecular complexity index is 616. The molecular weight excluding hydrogens is 330 g/mol. The highest BCUT2D eigenvalue weighted by molar-refractivity contribution is 9.10. The number of aromatic hydroxyl groups is 1. The fourth-order valence-corrected chi connectivity index (χ4v) is 2.66. The molecule has 2 N–H and O–H groups in total. The Labute approximate surface area is 134 Å². The number of aromatic nitrogens is 1. The van der Waals surface area contributed by atoms with Gasteiger partial charge in [-0.05, 0) is 30.7 Å². The van der Waals surface area contributed by atoms with Crippen LogP contribution in [-0.2, 0) is 0 Å². The van der Waals surface area contributed by atoms with E-state index in [-0.39, 0.29) is 6.04 Å². The summed E-state index contributed by atoms with van der Waals surface area (Å²) in [7, 11) is 4.00. The van der Waals surface area contributed by atoms with Gasteiger partial charge in [0, 0.05) is 30.3 Å². The number of pyridine rings is 1. The molecule has 1 unspecified atom stereocenters. The highest BCUT2D eigenvalue weighted by Gasteiger charge is 2.16. The SMILES string of the molecule is CCC(Nc1cnccc1N(C)C)c1cc(Br)ccc1O. The quantitative estimate of drug-likeness (QED) is 0.849. The minimum absolute atomic E-state index is 0.0189. The molecule has 0 saturated carbocycles. The van der Waals surface area contributed by atoms with Crippen LogP contribution in [0.1, 0.15) is 24.9 Å². The van der Waals surface area contributed by atoms with Gasteiger partial charge < -0.3 is 15.3 Å². The monoisotopic (exact) mass is 349 g/mol. The Morgan fingerprint density at radius 2 is 2.10 bits per heavy atom. The maximum atomic E-state index is 10.1. The van der Waals surface area contributed by atoms with E-state index in [9.17, 15) is 5.11 Å². The summed E-state index contributed by atoms with van der Waals surface area (Å²) in [6.07, 6.45) is 4.44. The van der Waals surface area contributed by atoms with Gasteiger partial charge in [0.2, 0.25) is 0 Å². The number of anilines is 2. The Hall–Kier alpha value is -1.75. The van der Waals surface area contributed by atoms with Crippen molar-refractivity contribution in [1.82, 2.24) is 4.98 Å². The first-order valence-corrected chi connectivity index (χ1v) is 7.68. The highest BCUT2D eigenvalue weighted by atomic mass is 79.9. The Morgan fingerprint density at radius 1 is 1.33 bits per heavy atom. The van der Waals surface area contributed by atoms with Crippen LogP contribution in [0.2, 0.25) is 0 Å². The van der Waals surface area contributed by atoms with Gasteiger partial charge in [-0.15, -0.1) is 0 Å². The van der Waals surface area contributed by atoms with Crippen LogP contribution < -0.4 is 10.2 Å². The summed E-state index contributed by atoms with van der Waals surface area (Å²) in [4.78, 5) is 6.23. The molecule has 1 heterocycles. The molecule has 112 valence electrons. The van der Waals surface area contributed by atoms with E-state index in [1.54, 1.807) is 12.3 Å². The topological polar surface area (TPSA) is 48.4 Å².